The number of hydrogen-bond donors (Lipinski definition) is 1. The van der Waals surface area contributed by atoms with Gasteiger partial charge in [0.1, 0.15) is 0 Å². The highest BCUT2D eigenvalue weighted by molar-refractivity contribution is 7.10. The molecule has 2 unspecified atom stereocenters. The minimum atomic E-state index is -0.0750. The van der Waals surface area contributed by atoms with Crippen LogP contribution in [0, 0.1) is 0 Å². The Hall–Kier alpha value is -1.40. The quantitative estimate of drug-likeness (QED) is 0.881. The number of amides is 1. The summed E-state index contributed by atoms with van der Waals surface area (Å²) in [5.74, 6) is -0.0750. The van der Waals surface area contributed by atoms with Crippen molar-refractivity contribution in [3.05, 3.63) is 57.2 Å². The molecule has 4 nitrogen and oxygen atoms in total. The number of thiophene rings is 1. The molecule has 1 aliphatic heterocycles. The molecule has 1 saturated heterocycles. The Labute approximate surface area is 151 Å². The molecule has 0 bridgehead atoms. The third kappa shape index (κ3) is 4.16. The fourth-order valence-corrected chi connectivity index (χ4v) is 4.12. The first kappa shape index (κ1) is 17.4. The number of hydrogen-bond acceptors (Lipinski definition) is 4. The fraction of sp³-hybridized carbons (Fsp3) is 0.389. The molecule has 1 fully saturated rings. The van der Waals surface area contributed by atoms with Gasteiger partial charge in [-0.3, -0.25) is 9.69 Å². The lowest BCUT2D eigenvalue weighted by molar-refractivity contribution is 0.00969. The van der Waals surface area contributed by atoms with E-state index in [4.69, 9.17) is 16.3 Å². The Morgan fingerprint density at radius 3 is 2.58 bits per heavy atom. The number of carbonyl (C=O) groups is 1. The Kier molecular flexibility index (Phi) is 5.89. The van der Waals surface area contributed by atoms with Gasteiger partial charge in [0.15, 0.2) is 0 Å². The van der Waals surface area contributed by atoms with Crippen LogP contribution in [-0.2, 0) is 4.74 Å². The molecule has 0 radical (unpaired) electrons. The van der Waals surface area contributed by atoms with Gasteiger partial charge in [-0.2, -0.15) is 0 Å². The summed E-state index contributed by atoms with van der Waals surface area (Å²) < 4.78 is 5.47. The smallest absolute Gasteiger partial charge is 0.251 e. The van der Waals surface area contributed by atoms with Crippen molar-refractivity contribution in [1.82, 2.24) is 10.2 Å². The van der Waals surface area contributed by atoms with E-state index in [2.05, 4.69) is 34.7 Å². The molecule has 3 rings (SSSR count). The molecule has 128 valence electrons. The van der Waals surface area contributed by atoms with Crippen molar-refractivity contribution in [2.24, 2.45) is 0 Å². The van der Waals surface area contributed by atoms with Gasteiger partial charge in [-0.1, -0.05) is 17.7 Å². The second-order valence-electron chi connectivity index (χ2n) is 5.88. The Morgan fingerprint density at radius 1 is 1.25 bits per heavy atom. The number of rotatable bonds is 5. The largest absolute Gasteiger partial charge is 0.379 e. The van der Waals surface area contributed by atoms with E-state index in [1.54, 1.807) is 35.6 Å². The topological polar surface area (TPSA) is 41.6 Å². The van der Waals surface area contributed by atoms with Gasteiger partial charge in [0.2, 0.25) is 0 Å². The SMILES string of the molecule is CC(NC(=O)c1ccc(Cl)cc1)C(c1cccs1)N1CCOCC1. The van der Waals surface area contributed by atoms with E-state index < -0.39 is 0 Å². The van der Waals surface area contributed by atoms with E-state index in [1.807, 2.05) is 0 Å². The number of morpholine rings is 1. The lowest BCUT2D eigenvalue weighted by Crippen LogP contribution is -2.48. The second-order valence-corrected chi connectivity index (χ2v) is 7.29. The molecule has 0 spiro atoms. The van der Waals surface area contributed by atoms with Gasteiger partial charge in [0.05, 0.1) is 19.3 Å². The highest BCUT2D eigenvalue weighted by atomic mass is 35.5. The number of ether oxygens (including phenoxy) is 1. The Balaban J connectivity index is 1.74. The number of nitrogens with zero attached hydrogens (tertiary/aromatic N) is 1. The van der Waals surface area contributed by atoms with Gasteiger partial charge in [-0.15, -0.1) is 11.3 Å². The third-order valence-electron chi connectivity index (χ3n) is 4.21. The first-order chi connectivity index (χ1) is 11.6. The van der Waals surface area contributed by atoms with Crippen molar-refractivity contribution in [2.45, 2.75) is 19.0 Å². The summed E-state index contributed by atoms with van der Waals surface area (Å²) in [7, 11) is 0. The third-order valence-corrected chi connectivity index (χ3v) is 5.41. The molecular weight excluding hydrogens is 344 g/mol. The molecule has 24 heavy (non-hydrogen) atoms. The van der Waals surface area contributed by atoms with Crippen LogP contribution < -0.4 is 5.32 Å². The zero-order chi connectivity index (χ0) is 16.9. The maximum Gasteiger partial charge on any atom is 0.251 e. The summed E-state index contributed by atoms with van der Waals surface area (Å²) in [6, 6.07) is 11.3. The van der Waals surface area contributed by atoms with Crippen LogP contribution in [0.5, 0.6) is 0 Å². The van der Waals surface area contributed by atoms with E-state index in [-0.39, 0.29) is 18.0 Å². The van der Waals surface area contributed by atoms with Crippen molar-refractivity contribution in [3.63, 3.8) is 0 Å². The standard InChI is InChI=1S/C18H21ClN2O2S/c1-13(20-18(22)14-4-6-15(19)7-5-14)17(16-3-2-12-24-16)21-8-10-23-11-9-21/h2-7,12-13,17H,8-11H2,1H3,(H,20,22). The first-order valence-corrected chi connectivity index (χ1v) is 9.32. The van der Waals surface area contributed by atoms with Gasteiger partial charge < -0.3 is 10.1 Å². The summed E-state index contributed by atoms with van der Waals surface area (Å²) in [6.45, 7) is 5.29. The maximum absolute atomic E-state index is 12.5. The molecule has 1 amide bonds. The zero-order valence-corrected chi connectivity index (χ0v) is 15.1. The molecule has 2 heterocycles. The Morgan fingerprint density at radius 2 is 1.96 bits per heavy atom. The van der Waals surface area contributed by atoms with Crippen LogP contribution in [0.25, 0.3) is 0 Å². The number of carbonyl (C=O) groups excluding carboxylic acids is 1. The maximum atomic E-state index is 12.5. The van der Waals surface area contributed by atoms with Gasteiger partial charge in [-0.25, -0.2) is 0 Å². The highest BCUT2D eigenvalue weighted by Crippen LogP contribution is 2.29. The average molecular weight is 365 g/mol. The van der Waals surface area contributed by atoms with E-state index in [9.17, 15) is 4.79 Å². The summed E-state index contributed by atoms with van der Waals surface area (Å²) in [4.78, 5) is 16.2. The van der Waals surface area contributed by atoms with E-state index in [0.717, 1.165) is 26.3 Å². The molecule has 1 aromatic carbocycles. The van der Waals surface area contributed by atoms with Crippen molar-refractivity contribution >= 4 is 28.8 Å². The monoisotopic (exact) mass is 364 g/mol. The zero-order valence-electron chi connectivity index (χ0n) is 13.6. The normalized spacial score (nSPS) is 18.1. The lowest BCUT2D eigenvalue weighted by atomic mass is 10.0. The van der Waals surface area contributed by atoms with Crippen LogP contribution in [0.4, 0.5) is 0 Å². The van der Waals surface area contributed by atoms with E-state index >= 15 is 0 Å². The minimum Gasteiger partial charge on any atom is -0.379 e. The molecule has 2 atom stereocenters. The van der Waals surface area contributed by atoms with Crippen LogP contribution in [0.2, 0.25) is 5.02 Å². The second kappa shape index (κ2) is 8.12. The minimum absolute atomic E-state index is 0.00933. The molecule has 6 heteroatoms. The van der Waals surface area contributed by atoms with Crippen LogP contribution in [0.3, 0.4) is 0 Å². The molecule has 1 aromatic heterocycles. The average Bonchev–Trinajstić information content (AvgIpc) is 3.10. The summed E-state index contributed by atoms with van der Waals surface area (Å²) in [5.41, 5.74) is 0.623. The molecular formula is C18H21ClN2O2S. The molecule has 2 aromatic rings. The molecule has 0 aliphatic carbocycles. The summed E-state index contributed by atoms with van der Waals surface area (Å²) in [6.07, 6.45) is 0. The predicted octanol–water partition coefficient (Wildman–Crippen LogP) is 3.59. The lowest BCUT2D eigenvalue weighted by Gasteiger charge is -2.37. The van der Waals surface area contributed by atoms with Gasteiger partial charge in [0.25, 0.3) is 5.91 Å². The van der Waals surface area contributed by atoms with Gasteiger partial charge in [0, 0.05) is 34.6 Å². The van der Waals surface area contributed by atoms with Crippen LogP contribution >= 0.6 is 22.9 Å². The predicted molar refractivity (Wildman–Crippen MR) is 97.8 cm³/mol. The van der Waals surface area contributed by atoms with Crippen LogP contribution in [0.1, 0.15) is 28.2 Å². The van der Waals surface area contributed by atoms with Gasteiger partial charge >= 0.3 is 0 Å². The van der Waals surface area contributed by atoms with Crippen molar-refractivity contribution in [1.29, 1.82) is 0 Å². The number of halogens is 1. The van der Waals surface area contributed by atoms with E-state index in [1.165, 1.54) is 4.88 Å². The highest BCUT2D eigenvalue weighted by Gasteiger charge is 2.29. The first-order valence-electron chi connectivity index (χ1n) is 8.07. The van der Waals surface area contributed by atoms with Crippen molar-refractivity contribution < 1.29 is 9.53 Å². The number of nitrogens with one attached hydrogen (secondary N) is 1. The van der Waals surface area contributed by atoms with Crippen LogP contribution in [0.15, 0.2) is 41.8 Å². The van der Waals surface area contributed by atoms with E-state index in [0.29, 0.717) is 10.6 Å². The van der Waals surface area contributed by atoms with Gasteiger partial charge in [-0.05, 0) is 42.6 Å². The Bertz CT molecular complexity index is 654. The summed E-state index contributed by atoms with van der Waals surface area (Å²) in [5, 5.41) is 5.85. The number of benzene rings is 1. The summed E-state index contributed by atoms with van der Waals surface area (Å²) >= 11 is 7.62. The van der Waals surface area contributed by atoms with Crippen molar-refractivity contribution in [2.75, 3.05) is 26.3 Å². The molecule has 0 saturated carbocycles. The fourth-order valence-electron chi connectivity index (χ4n) is 3.03. The molecule has 1 aliphatic rings. The molecule has 1 N–H and O–H groups in total. The van der Waals surface area contributed by atoms with Crippen LogP contribution in [-0.4, -0.2) is 43.2 Å². The van der Waals surface area contributed by atoms with Crippen molar-refractivity contribution in [3.8, 4) is 0 Å².